The first-order chi connectivity index (χ1) is 11.1. The molecule has 2 saturated heterocycles. The molecule has 1 aromatic heterocycles. The molecule has 4 nitrogen and oxygen atoms in total. The van der Waals surface area contributed by atoms with Crippen LogP contribution in [0.2, 0.25) is 0 Å². The second-order valence-electron chi connectivity index (χ2n) is 6.74. The van der Waals surface area contributed by atoms with Crippen LogP contribution in [0.1, 0.15) is 41.7 Å². The average Bonchev–Trinajstić information content (AvgIpc) is 2.85. The quantitative estimate of drug-likeness (QED) is 0.830. The van der Waals surface area contributed by atoms with Gasteiger partial charge >= 0.3 is 0 Å². The number of rotatable bonds is 2. The maximum atomic E-state index is 13.3. The molecule has 0 saturated carbocycles. The van der Waals surface area contributed by atoms with Crippen molar-refractivity contribution >= 4 is 41.6 Å². The molecule has 0 radical (unpaired) electrons. The Kier molecular flexibility index (Phi) is 6.25. The van der Waals surface area contributed by atoms with Crippen molar-refractivity contribution in [1.82, 2.24) is 15.6 Å². The van der Waals surface area contributed by atoms with E-state index in [4.69, 9.17) is 0 Å². The molecule has 2 unspecified atom stereocenters. The van der Waals surface area contributed by atoms with Crippen LogP contribution < -0.4 is 10.6 Å². The SMILES string of the molecule is Cc1nc2cc(F)ccc2cc1C(=O)NC1CC2CCC(C1)N2.Cl.Cl. The molecule has 0 aliphatic carbocycles. The van der Waals surface area contributed by atoms with Crippen LogP contribution in [0.3, 0.4) is 0 Å². The Bertz CT molecular complexity index is 774. The first kappa shape index (κ1) is 19.9. The number of halogens is 3. The van der Waals surface area contributed by atoms with Gasteiger partial charge in [0.05, 0.1) is 16.8 Å². The summed E-state index contributed by atoms with van der Waals surface area (Å²) in [6.07, 6.45) is 4.40. The summed E-state index contributed by atoms with van der Waals surface area (Å²) >= 11 is 0. The van der Waals surface area contributed by atoms with Gasteiger partial charge in [0.1, 0.15) is 5.82 Å². The lowest BCUT2D eigenvalue weighted by atomic mass is 9.99. The van der Waals surface area contributed by atoms with Crippen LogP contribution in [0.4, 0.5) is 4.39 Å². The Labute approximate surface area is 158 Å². The molecule has 2 fully saturated rings. The zero-order valence-corrected chi connectivity index (χ0v) is 15.6. The van der Waals surface area contributed by atoms with E-state index in [0.717, 1.165) is 18.2 Å². The van der Waals surface area contributed by atoms with Gasteiger partial charge in [-0.3, -0.25) is 9.78 Å². The van der Waals surface area contributed by atoms with Gasteiger partial charge in [0.25, 0.3) is 5.91 Å². The molecule has 7 heteroatoms. The summed E-state index contributed by atoms with van der Waals surface area (Å²) in [5.41, 5.74) is 1.80. The van der Waals surface area contributed by atoms with Crippen LogP contribution in [0.25, 0.3) is 10.9 Å². The monoisotopic (exact) mass is 385 g/mol. The van der Waals surface area contributed by atoms with Crippen molar-refractivity contribution < 1.29 is 9.18 Å². The lowest BCUT2D eigenvalue weighted by Crippen LogP contribution is -2.48. The Morgan fingerprint density at radius 1 is 1.20 bits per heavy atom. The minimum Gasteiger partial charge on any atom is -0.349 e. The van der Waals surface area contributed by atoms with E-state index in [-0.39, 0.29) is 42.6 Å². The number of piperidine rings is 1. The Hall–Kier alpha value is -1.43. The summed E-state index contributed by atoms with van der Waals surface area (Å²) in [5.74, 6) is -0.390. The van der Waals surface area contributed by atoms with Gasteiger partial charge in [-0.1, -0.05) is 0 Å². The molecule has 3 heterocycles. The number of aromatic nitrogens is 1. The number of hydrogen-bond acceptors (Lipinski definition) is 3. The third kappa shape index (κ3) is 4.05. The molecule has 2 aliphatic rings. The lowest BCUT2D eigenvalue weighted by molar-refractivity contribution is 0.0923. The van der Waals surface area contributed by atoms with E-state index in [1.54, 1.807) is 13.0 Å². The van der Waals surface area contributed by atoms with Gasteiger partial charge in [-0.05, 0) is 50.8 Å². The van der Waals surface area contributed by atoms with E-state index in [2.05, 4.69) is 15.6 Å². The summed E-state index contributed by atoms with van der Waals surface area (Å²) in [4.78, 5) is 17.0. The Morgan fingerprint density at radius 3 is 2.56 bits per heavy atom. The molecule has 2 aliphatic heterocycles. The number of benzene rings is 1. The smallest absolute Gasteiger partial charge is 0.253 e. The first-order valence-corrected chi connectivity index (χ1v) is 8.22. The number of amides is 1. The highest BCUT2D eigenvalue weighted by Gasteiger charge is 2.34. The number of nitrogens with zero attached hydrogens (tertiary/aromatic N) is 1. The minimum atomic E-state index is -0.313. The number of carbonyl (C=O) groups excluding carboxylic acids is 1. The van der Waals surface area contributed by atoms with Crippen LogP contribution in [-0.2, 0) is 0 Å². The fourth-order valence-electron chi connectivity index (χ4n) is 3.90. The zero-order chi connectivity index (χ0) is 16.0. The number of nitrogens with one attached hydrogen (secondary N) is 2. The van der Waals surface area contributed by atoms with E-state index < -0.39 is 0 Å². The largest absolute Gasteiger partial charge is 0.349 e. The second kappa shape index (κ2) is 7.85. The molecule has 136 valence electrons. The van der Waals surface area contributed by atoms with Gasteiger partial charge in [-0.15, -0.1) is 24.8 Å². The van der Waals surface area contributed by atoms with Gasteiger partial charge in [-0.2, -0.15) is 0 Å². The van der Waals surface area contributed by atoms with Crippen molar-refractivity contribution in [3.8, 4) is 0 Å². The predicted molar refractivity (Wildman–Crippen MR) is 101 cm³/mol. The van der Waals surface area contributed by atoms with E-state index in [0.29, 0.717) is 28.9 Å². The maximum absolute atomic E-state index is 13.3. The lowest BCUT2D eigenvalue weighted by Gasteiger charge is -2.29. The Balaban J connectivity index is 0.00000113. The highest BCUT2D eigenvalue weighted by Crippen LogP contribution is 2.27. The second-order valence-corrected chi connectivity index (χ2v) is 6.74. The third-order valence-corrected chi connectivity index (χ3v) is 5.02. The molecule has 0 spiro atoms. The molecule has 2 bridgehead atoms. The van der Waals surface area contributed by atoms with E-state index in [9.17, 15) is 9.18 Å². The summed E-state index contributed by atoms with van der Waals surface area (Å²) < 4.78 is 13.3. The topological polar surface area (TPSA) is 54.0 Å². The van der Waals surface area contributed by atoms with Gasteiger partial charge < -0.3 is 10.6 Å². The summed E-state index contributed by atoms with van der Waals surface area (Å²) in [6, 6.07) is 7.57. The van der Waals surface area contributed by atoms with Crippen LogP contribution in [0, 0.1) is 12.7 Å². The van der Waals surface area contributed by atoms with Gasteiger partial charge in [-0.25, -0.2) is 4.39 Å². The number of pyridine rings is 1. The highest BCUT2D eigenvalue weighted by molar-refractivity contribution is 5.98. The van der Waals surface area contributed by atoms with E-state index in [1.807, 2.05) is 6.07 Å². The fraction of sp³-hybridized carbons (Fsp3) is 0.444. The van der Waals surface area contributed by atoms with Crippen molar-refractivity contribution in [3.63, 3.8) is 0 Å². The molecule has 25 heavy (non-hydrogen) atoms. The van der Waals surface area contributed by atoms with Crippen molar-refractivity contribution in [2.75, 3.05) is 0 Å². The fourth-order valence-corrected chi connectivity index (χ4v) is 3.90. The van der Waals surface area contributed by atoms with Crippen LogP contribution in [0.15, 0.2) is 24.3 Å². The van der Waals surface area contributed by atoms with Crippen molar-refractivity contribution in [2.45, 2.75) is 50.7 Å². The predicted octanol–water partition coefficient (Wildman–Crippen LogP) is 3.54. The van der Waals surface area contributed by atoms with Crippen LogP contribution >= 0.6 is 24.8 Å². The van der Waals surface area contributed by atoms with Gasteiger partial charge in [0.15, 0.2) is 0 Å². The molecule has 4 rings (SSSR count). The highest BCUT2D eigenvalue weighted by atomic mass is 35.5. The number of carbonyl (C=O) groups is 1. The first-order valence-electron chi connectivity index (χ1n) is 8.22. The number of aryl methyl sites for hydroxylation is 1. The molecule has 1 aromatic carbocycles. The summed E-state index contributed by atoms with van der Waals surface area (Å²) in [6.45, 7) is 1.80. The maximum Gasteiger partial charge on any atom is 0.253 e. The number of hydrogen-bond donors (Lipinski definition) is 2. The zero-order valence-electron chi connectivity index (χ0n) is 13.9. The van der Waals surface area contributed by atoms with Crippen LogP contribution in [-0.4, -0.2) is 29.0 Å². The molecular formula is C18H22Cl2FN3O. The standard InChI is InChI=1S/C18H20FN3O.2ClH/c1-10-16(6-11-2-3-12(19)7-17(11)20-10)18(23)22-15-8-13-4-5-14(9-15)21-13;;/h2-3,6-7,13-15,21H,4-5,8-9H2,1H3,(H,22,23);2*1H. The average molecular weight is 386 g/mol. The molecular weight excluding hydrogens is 364 g/mol. The number of fused-ring (bicyclic) bond motifs is 3. The molecule has 2 atom stereocenters. The van der Waals surface area contributed by atoms with Gasteiger partial charge in [0, 0.05) is 29.6 Å². The van der Waals surface area contributed by atoms with Crippen molar-refractivity contribution in [3.05, 3.63) is 41.3 Å². The van der Waals surface area contributed by atoms with E-state index >= 15 is 0 Å². The van der Waals surface area contributed by atoms with Crippen LogP contribution in [0.5, 0.6) is 0 Å². The molecule has 2 N–H and O–H groups in total. The van der Waals surface area contributed by atoms with Gasteiger partial charge in [0.2, 0.25) is 0 Å². The van der Waals surface area contributed by atoms with E-state index in [1.165, 1.54) is 25.0 Å². The third-order valence-electron chi connectivity index (χ3n) is 5.02. The Morgan fingerprint density at radius 2 is 1.88 bits per heavy atom. The normalized spacial score (nSPS) is 24.3. The minimum absolute atomic E-state index is 0. The summed E-state index contributed by atoms with van der Waals surface area (Å²) in [7, 11) is 0. The van der Waals surface area contributed by atoms with Crippen molar-refractivity contribution in [2.24, 2.45) is 0 Å². The molecule has 2 aromatic rings. The summed E-state index contributed by atoms with van der Waals surface area (Å²) in [5, 5.41) is 7.52. The molecule has 1 amide bonds. The van der Waals surface area contributed by atoms with Crippen molar-refractivity contribution in [1.29, 1.82) is 0 Å².